The molecular weight excluding hydrogens is 444 g/mol. The summed E-state index contributed by atoms with van der Waals surface area (Å²) in [5.74, 6) is 0. The summed E-state index contributed by atoms with van der Waals surface area (Å²) in [7, 11) is 0. The second kappa shape index (κ2) is 8.42. The number of hydrogen-bond acceptors (Lipinski definition) is 7. The minimum Gasteiger partial charge on any atom is -0.266 e. The normalized spacial score (nSPS) is 11.5. The summed E-state index contributed by atoms with van der Waals surface area (Å²) < 4.78 is 1.72. The van der Waals surface area contributed by atoms with Gasteiger partial charge in [0.2, 0.25) is 0 Å². The molecule has 6 aromatic rings. The van der Waals surface area contributed by atoms with Crippen LogP contribution in [-0.2, 0) is 0 Å². The summed E-state index contributed by atoms with van der Waals surface area (Å²) >= 11 is 1.28. The summed E-state index contributed by atoms with van der Waals surface area (Å²) in [5.41, 5.74) is 4.73. The van der Waals surface area contributed by atoms with Gasteiger partial charge in [-0.25, -0.2) is 4.98 Å². The molecule has 0 unspecified atom stereocenters. The maximum atomic E-state index is 13.3. The van der Waals surface area contributed by atoms with Crippen molar-refractivity contribution in [1.82, 2.24) is 24.8 Å². The number of thiophene rings is 1. The molecule has 0 N–H and O–H groups in total. The minimum atomic E-state index is -0.256. The molecule has 0 aliphatic carbocycles. The van der Waals surface area contributed by atoms with Crippen molar-refractivity contribution in [1.29, 1.82) is 0 Å². The first-order valence-electron chi connectivity index (χ1n) is 10.6. The quantitative estimate of drug-likeness (QED) is 0.345. The van der Waals surface area contributed by atoms with E-state index in [9.17, 15) is 4.79 Å². The zero-order valence-electron chi connectivity index (χ0n) is 17.7. The van der Waals surface area contributed by atoms with Crippen LogP contribution < -0.4 is 5.56 Å². The van der Waals surface area contributed by atoms with Gasteiger partial charge in [-0.15, -0.1) is 21.5 Å². The Balaban J connectivity index is 1.61. The van der Waals surface area contributed by atoms with Crippen LogP contribution in [0.25, 0.3) is 42.8 Å². The van der Waals surface area contributed by atoms with Crippen LogP contribution in [0.4, 0.5) is 0 Å². The molecule has 0 radical (unpaired) electrons. The lowest BCUT2D eigenvalue weighted by atomic mass is 9.97. The number of nitrogens with zero attached hydrogens (tertiary/aromatic N) is 6. The third kappa shape index (κ3) is 3.46. The van der Waals surface area contributed by atoms with E-state index >= 15 is 0 Å². The zero-order valence-corrected chi connectivity index (χ0v) is 18.6. The molecule has 4 heterocycles. The Hall–Kier alpha value is -4.56. The van der Waals surface area contributed by atoms with Gasteiger partial charge in [-0.2, -0.15) is 9.78 Å². The minimum absolute atomic E-state index is 0.256. The molecule has 2 aromatic carbocycles. The molecule has 0 saturated carbocycles. The number of hydrogen-bond donors (Lipinski definition) is 0. The smallest absolute Gasteiger partial charge is 0.266 e. The Bertz CT molecular complexity index is 1710. The van der Waals surface area contributed by atoms with Crippen molar-refractivity contribution < 1.29 is 0 Å². The summed E-state index contributed by atoms with van der Waals surface area (Å²) in [4.78, 5) is 22.6. The highest BCUT2D eigenvalue weighted by atomic mass is 32.1. The summed E-state index contributed by atoms with van der Waals surface area (Å²) in [6.45, 7) is 0. The van der Waals surface area contributed by atoms with Crippen LogP contribution in [-0.4, -0.2) is 31.1 Å². The predicted octanol–water partition coefficient (Wildman–Crippen LogP) is 5.01. The lowest BCUT2D eigenvalue weighted by Crippen LogP contribution is -2.15. The van der Waals surface area contributed by atoms with Crippen molar-refractivity contribution in [2.45, 2.75) is 0 Å². The zero-order chi connectivity index (χ0) is 22.9. The monoisotopic (exact) mass is 460 g/mol. The van der Waals surface area contributed by atoms with Crippen LogP contribution in [0.2, 0.25) is 0 Å². The molecule has 0 aliphatic heterocycles. The van der Waals surface area contributed by atoms with Crippen molar-refractivity contribution >= 4 is 38.0 Å². The van der Waals surface area contributed by atoms with E-state index in [1.807, 2.05) is 72.8 Å². The average molecular weight is 461 g/mol. The van der Waals surface area contributed by atoms with Crippen LogP contribution in [0, 0.1) is 0 Å². The second-order valence-electron chi connectivity index (χ2n) is 7.54. The molecule has 0 saturated heterocycles. The highest BCUT2D eigenvalue weighted by Gasteiger charge is 2.21. The van der Waals surface area contributed by atoms with Crippen LogP contribution in [0.3, 0.4) is 0 Å². The van der Waals surface area contributed by atoms with Crippen LogP contribution in [0.5, 0.6) is 0 Å². The number of benzene rings is 2. The van der Waals surface area contributed by atoms with E-state index in [2.05, 4.69) is 25.3 Å². The molecule has 0 spiro atoms. The molecular formula is C26H16N6OS. The third-order valence-electron chi connectivity index (χ3n) is 5.42. The Kier molecular flexibility index (Phi) is 4.97. The summed E-state index contributed by atoms with van der Waals surface area (Å²) in [6.07, 6.45) is 6.38. The lowest BCUT2D eigenvalue weighted by Gasteiger charge is -2.10. The fourth-order valence-corrected chi connectivity index (χ4v) is 4.86. The standard InChI is InChI=1S/C26H16N6OS/c33-26-24-23(28-16-32(26)29-15-17-8-7-13-27-14-17)21-20(18-9-3-1-4-10-18)22(30-31-25(21)34-24)19-11-5-2-6-12-19/h1-16H. The van der Waals surface area contributed by atoms with Crippen molar-refractivity contribution in [3.8, 4) is 22.4 Å². The predicted molar refractivity (Wildman–Crippen MR) is 135 cm³/mol. The number of fused-ring (bicyclic) bond motifs is 3. The van der Waals surface area contributed by atoms with Crippen molar-refractivity contribution in [2.24, 2.45) is 5.10 Å². The summed E-state index contributed by atoms with van der Waals surface area (Å²) in [5, 5.41) is 14.2. The SMILES string of the molecule is O=c1c2sc3nnc(-c4ccccc4)c(-c4ccccc4)c3c2ncn1N=Cc1cccnc1. The largest absolute Gasteiger partial charge is 0.291 e. The van der Waals surface area contributed by atoms with Crippen LogP contribution in [0.1, 0.15) is 5.56 Å². The van der Waals surface area contributed by atoms with Gasteiger partial charge >= 0.3 is 0 Å². The highest BCUT2D eigenvalue weighted by molar-refractivity contribution is 7.25. The topological polar surface area (TPSA) is 85.9 Å². The van der Waals surface area contributed by atoms with Gasteiger partial charge in [0.05, 0.1) is 11.7 Å². The van der Waals surface area contributed by atoms with Gasteiger partial charge in [0.25, 0.3) is 5.56 Å². The van der Waals surface area contributed by atoms with Crippen LogP contribution >= 0.6 is 11.3 Å². The average Bonchev–Trinajstić information content (AvgIpc) is 3.29. The molecule has 6 rings (SSSR count). The lowest BCUT2D eigenvalue weighted by molar-refractivity contribution is 0.819. The molecule has 34 heavy (non-hydrogen) atoms. The summed E-state index contributed by atoms with van der Waals surface area (Å²) in [6, 6.07) is 23.6. The molecule has 0 atom stereocenters. The molecule has 0 fully saturated rings. The second-order valence-corrected chi connectivity index (χ2v) is 8.54. The molecule has 4 aromatic heterocycles. The van der Waals surface area contributed by atoms with Gasteiger partial charge in [0.1, 0.15) is 21.6 Å². The van der Waals surface area contributed by atoms with E-state index < -0.39 is 0 Å². The Morgan fingerprint density at radius 3 is 2.38 bits per heavy atom. The van der Waals surface area contributed by atoms with Gasteiger partial charge in [-0.3, -0.25) is 9.78 Å². The number of aromatic nitrogens is 5. The maximum Gasteiger partial charge on any atom is 0.291 e. The molecule has 0 aliphatic rings. The number of rotatable bonds is 4. The Morgan fingerprint density at radius 2 is 1.65 bits per heavy atom. The van der Waals surface area contributed by atoms with Crippen molar-refractivity contribution in [3.63, 3.8) is 0 Å². The third-order valence-corrected chi connectivity index (χ3v) is 6.47. The van der Waals surface area contributed by atoms with Gasteiger partial charge in [0, 0.05) is 34.5 Å². The van der Waals surface area contributed by atoms with Crippen molar-refractivity contribution in [3.05, 3.63) is 107 Å². The molecule has 162 valence electrons. The van der Waals surface area contributed by atoms with Gasteiger partial charge in [0.15, 0.2) is 0 Å². The molecule has 0 bridgehead atoms. The van der Waals surface area contributed by atoms with E-state index in [1.54, 1.807) is 18.6 Å². The fourth-order valence-electron chi connectivity index (χ4n) is 3.85. The maximum absolute atomic E-state index is 13.3. The molecule has 0 amide bonds. The Labute approximate surface area is 197 Å². The Morgan fingerprint density at radius 1 is 0.882 bits per heavy atom. The molecule has 7 nitrogen and oxygen atoms in total. The van der Waals surface area contributed by atoms with Gasteiger partial charge in [-0.1, -0.05) is 66.7 Å². The van der Waals surface area contributed by atoms with E-state index in [-0.39, 0.29) is 5.56 Å². The first-order valence-corrected chi connectivity index (χ1v) is 11.4. The van der Waals surface area contributed by atoms with E-state index in [1.165, 1.54) is 22.3 Å². The van der Waals surface area contributed by atoms with Gasteiger partial charge in [-0.05, 0) is 11.6 Å². The van der Waals surface area contributed by atoms with Crippen LogP contribution in [0.15, 0.2) is 101 Å². The highest BCUT2D eigenvalue weighted by Crippen LogP contribution is 2.40. The fraction of sp³-hybridized carbons (Fsp3) is 0. The van der Waals surface area contributed by atoms with E-state index in [0.717, 1.165) is 33.3 Å². The van der Waals surface area contributed by atoms with E-state index in [4.69, 9.17) is 0 Å². The molecule has 8 heteroatoms. The van der Waals surface area contributed by atoms with Crippen molar-refractivity contribution in [2.75, 3.05) is 0 Å². The van der Waals surface area contributed by atoms with Gasteiger partial charge < -0.3 is 0 Å². The number of pyridine rings is 1. The van der Waals surface area contributed by atoms with E-state index in [0.29, 0.717) is 15.0 Å². The first-order chi connectivity index (χ1) is 16.8. The first kappa shape index (κ1) is 20.1.